The van der Waals surface area contributed by atoms with Crippen LogP contribution in [0, 0.1) is 5.92 Å². The molecule has 0 radical (unpaired) electrons. The van der Waals surface area contributed by atoms with E-state index in [1.807, 2.05) is 0 Å². The lowest BCUT2D eigenvalue weighted by molar-refractivity contribution is 0.199. The maximum Gasteiger partial charge on any atom is 0.0292 e. The number of nitrogens with zero attached hydrogens (tertiary/aromatic N) is 1. The van der Waals surface area contributed by atoms with Gasteiger partial charge in [0.25, 0.3) is 0 Å². The van der Waals surface area contributed by atoms with Crippen LogP contribution in [0.25, 0.3) is 0 Å². The number of nitrogens with two attached hydrogens (primary N) is 2. The minimum Gasteiger partial charge on any atom is -0.329 e. The maximum atomic E-state index is 5.74. The summed E-state index contributed by atoms with van der Waals surface area (Å²) in [5.74, 6) is 0.931. The first-order valence-electron chi connectivity index (χ1n) is 4.86. The molecule has 72 valence electrons. The molecule has 1 rings (SSSR count). The Morgan fingerprint density at radius 3 is 2.58 bits per heavy atom. The molecule has 0 aliphatic heterocycles. The SMILES string of the molecule is CN(CC(N)CN)CC1CCC1. The lowest BCUT2D eigenvalue weighted by atomic mass is 9.85. The lowest BCUT2D eigenvalue weighted by Gasteiger charge is -2.31. The Morgan fingerprint density at radius 2 is 2.17 bits per heavy atom. The highest BCUT2D eigenvalue weighted by molar-refractivity contribution is 4.74. The van der Waals surface area contributed by atoms with Gasteiger partial charge >= 0.3 is 0 Å². The molecule has 0 aromatic rings. The molecule has 4 N–H and O–H groups in total. The van der Waals surface area contributed by atoms with Crippen LogP contribution in [0.4, 0.5) is 0 Å². The predicted octanol–water partition coefficient (Wildman–Crippen LogP) is 0.00430. The summed E-state index contributed by atoms with van der Waals surface area (Å²) in [6, 6.07) is 0.148. The molecule has 0 spiro atoms. The molecule has 12 heavy (non-hydrogen) atoms. The summed E-state index contributed by atoms with van der Waals surface area (Å²) in [5.41, 5.74) is 11.2. The van der Waals surface area contributed by atoms with E-state index in [4.69, 9.17) is 11.5 Å². The summed E-state index contributed by atoms with van der Waals surface area (Å²) in [6.45, 7) is 2.73. The fourth-order valence-corrected chi connectivity index (χ4v) is 1.67. The van der Waals surface area contributed by atoms with Crippen LogP contribution >= 0.6 is 0 Å². The molecule has 0 aromatic heterocycles. The minimum atomic E-state index is 0.148. The summed E-state index contributed by atoms with van der Waals surface area (Å²) in [4.78, 5) is 2.31. The van der Waals surface area contributed by atoms with Crippen LogP contribution < -0.4 is 11.5 Å². The van der Waals surface area contributed by atoms with Crippen molar-refractivity contribution in [3.63, 3.8) is 0 Å². The molecule has 1 saturated carbocycles. The molecule has 1 aliphatic carbocycles. The number of hydrogen-bond donors (Lipinski definition) is 2. The minimum absolute atomic E-state index is 0.148. The van der Waals surface area contributed by atoms with E-state index >= 15 is 0 Å². The fourth-order valence-electron chi connectivity index (χ4n) is 1.67. The Labute approximate surface area is 75.1 Å². The number of rotatable bonds is 5. The van der Waals surface area contributed by atoms with Crippen LogP contribution in [-0.4, -0.2) is 37.6 Å². The molecule has 0 bridgehead atoms. The first-order chi connectivity index (χ1) is 5.72. The summed E-state index contributed by atoms with van der Waals surface area (Å²) < 4.78 is 0. The third kappa shape index (κ3) is 3.09. The quantitative estimate of drug-likeness (QED) is 0.612. The highest BCUT2D eigenvalue weighted by Crippen LogP contribution is 2.26. The van der Waals surface area contributed by atoms with Gasteiger partial charge in [-0.3, -0.25) is 0 Å². The van der Waals surface area contributed by atoms with Gasteiger partial charge in [0, 0.05) is 25.7 Å². The van der Waals surface area contributed by atoms with Crippen LogP contribution in [0.15, 0.2) is 0 Å². The van der Waals surface area contributed by atoms with Crippen molar-refractivity contribution in [3.05, 3.63) is 0 Å². The average Bonchev–Trinajstić information content (AvgIpc) is 1.97. The molecule has 0 aromatic carbocycles. The lowest BCUT2D eigenvalue weighted by Crippen LogP contribution is -2.42. The largest absolute Gasteiger partial charge is 0.329 e. The third-order valence-corrected chi connectivity index (χ3v) is 2.64. The van der Waals surface area contributed by atoms with Gasteiger partial charge in [-0.15, -0.1) is 0 Å². The van der Waals surface area contributed by atoms with E-state index in [0.29, 0.717) is 6.54 Å². The number of likely N-dealkylation sites (N-methyl/N-ethyl adjacent to an activating group) is 1. The van der Waals surface area contributed by atoms with Crippen molar-refractivity contribution in [2.24, 2.45) is 17.4 Å². The van der Waals surface area contributed by atoms with Gasteiger partial charge in [0.2, 0.25) is 0 Å². The van der Waals surface area contributed by atoms with E-state index in [1.165, 1.54) is 25.8 Å². The summed E-state index contributed by atoms with van der Waals surface area (Å²) in [6.07, 6.45) is 4.23. The molecule has 3 heteroatoms. The van der Waals surface area contributed by atoms with Crippen LogP contribution in [0.2, 0.25) is 0 Å². The van der Waals surface area contributed by atoms with E-state index in [1.54, 1.807) is 0 Å². The second kappa shape index (κ2) is 4.80. The van der Waals surface area contributed by atoms with Gasteiger partial charge in [-0.05, 0) is 25.8 Å². The summed E-state index contributed by atoms with van der Waals surface area (Å²) >= 11 is 0. The van der Waals surface area contributed by atoms with Crippen molar-refractivity contribution < 1.29 is 0 Å². The Balaban J connectivity index is 2.05. The first kappa shape index (κ1) is 9.96. The van der Waals surface area contributed by atoms with Gasteiger partial charge in [0.1, 0.15) is 0 Å². The summed E-state index contributed by atoms with van der Waals surface area (Å²) in [7, 11) is 2.13. The van der Waals surface area contributed by atoms with E-state index in [0.717, 1.165) is 12.5 Å². The van der Waals surface area contributed by atoms with Gasteiger partial charge in [-0.1, -0.05) is 6.42 Å². The van der Waals surface area contributed by atoms with Crippen molar-refractivity contribution in [1.82, 2.24) is 4.90 Å². The molecule has 1 atom stereocenters. The zero-order chi connectivity index (χ0) is 8.97. The number of hydrogen-bond acceptors (Lipinski definition) is 3. The van der Waals surface area contributed by atoms with Crippen molar-refractivity contribution >= 4 is 0 Å². The fraction of sp³-hybridized carbons (Fsp3) is 1.00. The van der Waals surface area contributed by atoms with E-state index in [2.05, 4.69) is 11.9 Å². The van der Waals surface area contributed by atoms with E-state index < -0.39 is 0 Å². The van der Waals surface area contributed by atoms with Crippen molar-refractivity contribution in [3.8, 4) is 0 Å². The van der Waals surface area contributed by atoms with Crippen molar-refractivity contribution in [2.45, 2.75) is 25.3 Å². The Morgan fingerprint density at radius 1 is 1.50 bits per heavy atom. The zero-order valence-electron chi connectivity index (χ0n) is 8.00. The summed E-state index contributed by atoms with van der Waals surface area (Å²) in [5, 5.41) is 0. The molecule has 1 fully saturated rings. The third-order valence-electron chi connectivity index (χ3n) is 2.64. The smallest absolute Gasteiger partial charge is 0.0292 e. The average molecular weight is 171 g/mol. The van der Waals surface area contributed by atoms with Crippen LogP contribution in [0.3, 0.4) is 0 Å². The Hall–Kier alpha value is -0.120. The van der Waals surface area contributed by atoms with Gasteiger partial charge in [0.15, 0.2) is 0 Å². The van der Waals surface area contributed by atoms with Crippen LogP contribution in [0.5, 0.6) is 0 Å². The Kier molecular flexibility index (Phi) is 3.98. The molecule has 0 saturated heterocycles. The molecular formula is C9H21N3. The normalized spacial score (nSPS) is 21.0. The second-order valence-electron chi connectivity index (χ2n) is 4.01. The van der Waals surface area contributed by atoms with E-state index in [9.17, 15) is 0 Å². The van der Waals surface area contributed by atoms with Crippen molar-refractivity contribution in [1.29, 1.82) is 0 Å². The molecular weight excluding hydrogens is 150 g/mol. The van der Waals surface area contributed by atoms with Crippen LogP contribution in [0.1, 0.15) is 19.3 Å². The van der Waals surface area contributed by atoms with Crippen molar-refractivity contribution in [2.75, 3.05) is 26.7 Å². The standard InChI is InChI=1S/C9H21N3/c1-12(7-9(11)5-10)6-8-3-2-4-8/h8-9H,2-7,10-11H2,1H3. The monoisotopic (exact) mass is 171 g/mol. The highest BCUT2D eigenvalue weighted by atomic mass is 15.1. The molecule has 0 heterocycles. The molecule has 0 amide bonds. The van der Waals surface area contributed by atoms with Gasteiger partial charge in [-0.25, -0.2) is 0 Å². The van der Waals surface area contributed by atoms with Gasteiger partial charge in [0.05, 0.1) is 0 Å². The predicted molar refractivity (Wildman–Crippen MR) is 51.9 cm³/mol. The zero-order valence-corrected chi connectivity index (χ0v) is 8.00. The molecule has 1 aliphatic rings. The molecule has 1 unspecified atom stereocenters. The molecule has 3 nitrogen and oxygen atoms in total. The maximum absolute atomic E-state index is 5.74. The van der Waals surface area contributed by atoms with Gasteiger partial charge < -0.3 is 16.4 Å². The second-order valence-corrected chi connectivity index (χ2v) is 4.01. The Bertz CT molecular complexity index is 116. The first-order valence-corrected chi connectivity index (χ1v) is 4.86. The van der Waals surface area contributed by atoms with Gasteiger partial charge in [-0.2, -0.15) is 0 Å². The topological polar surface area (TPSA) is 55.3 Å². The van der Waals surface area contributed by atoms with Crippen LogP contribution in [-0.2, 0) is 0 Å². The highest BCUT2D eigenvalue weighted by Gasteiger charge is 2.19. The van der Waals surface area contributed by atoms with E-state index in [-0.39, 0.29) is 6.04 Å².